The molecule has 0 unspecified atom stereocenters. The fraction of sp³-hybridized carbons (Fsp3) is 0.409. The second-order valence-electron chi connectivity index (χ2n) is 7.01. The number of carbonyl (C=O) groups excluding carboxylic acids is 3. The van der Waals surface area contributed by atoms with E-state index in [1.54, 1.807) is 0 Å². The number of thiophene rings is 1. The summed E-state index contributed by atoms with van der Waals surface area (Å²) in [5.74, 6) is -0.884. The zero-order valence-corrected chi connectivity index (χ0v) is 18.1. The third-order valence-electron chi connectivity index (χ3n) is 5.06. The highest BCUT2D eigenvalue weighted by atomic mass is 32.1. The van der Waals surface area contributed by atoms with Gasteiger partial charge in [-0.05, 0) is 43.4 Å². The minimum atomic E-state index is -0.568. The van der Waals surface area contributed by atoms with Crippen LogP contribution in [0, 0.1) is 6.92 Å². The van der Waals surface area contributed by atoms with Crippen LogP contribution < -0.4 is 10.1 Å². The average Bonchev–Trinajstić information content (AvgIpc) is 3.30. The molecule has 1 aliphatic carbocycles. The van der Waals surface area contributed by atoms with E-state index in [0.29, 0.717) is 36.4 Å². The van der Waals surface area contributed by atoms with Crippen LogP contribution in [0.2, 0.25) is 0 Å². The van der Waals surface area contributed by atoms with Crippen LogP contribution in [0.3, 0.4) is 0 Å². The molecule has 0 radical (unpaired) electrons. The highest BCUT2D eigenvalue weighted by Crippen LogP contribution is 2.45. The number of ether oxygens (including phenoxy) is 3. The summed E-state index contributed by atoms with van der Waals surface area (Å²) in [6.45, 7) is 2.38. The Morgan fingerprint density at radius 2 is 1.93 bits per heavy atom. The fourth-order valence-corrected chi connectivity index (χ4v) is 4.84. The van der Waals surface area contributed by atoms with E-state index in [1.165, 1.54) is 25.6 Å². The van der Waals surface area contributed by atoms with Gasteiger partial charge >= 0.3 is 11.9 Å². The minimum absolute atomic E-state index is 0.219. The highest BCUT2D eigenvalue weighted by Gasteiger charge is 2.38. The van der Waals surface area contributed by atoms with E-state index >= 15 is 0 Å². The number of amides is 1. The van der Waals surface area contributed by atoms with Crippen molar-refractivity contribution >= 4 is 34.2 Å². The van der Waals surface area contributed by atoms with Crippen LogP contribution >= 0.6 is 11.3 Å². The lowest BCUT2D eigenvalue weighted by Gasteiger charge is -2.12. The van der Waals surface area contributed by atoms with Gasteiger partial charge in [0, 0.05) is 11.3 Å². The molecule has 1 aromatic heterocycles. The molecular formula is C22H25NO6S. The number of para-hydroxylation sites is 1. The molecule has 1 N–H and O–H groups in total. The first-order valence-electron chi connectivity index (χ1n) is 9.76. The van der Waals surface area contributed by atoms with E-state index in [4.69, 9.17) is 14.2 Å². The Balaban J connectivity index is 1.64. The van der Waals surface area contributed by atoms with Crippen molar-refractivity contribution in [3.05, 3.63) is 45.8 Å². The summed E-state index contributed by atoms with van der Waals surface area (Å²) in [6, 6.07) is 7.70. The number of anilines is 1. The van der Waals surface area contributed by atoms with Gasteiger partial charge in [0.25, 0.3) is 0 Å². The van der Waals surface area contributed by atoms with E-state index in [1.807, 2.05) is 31.2 Å². The smallest absolute Gasteiger partial charge is 0.341 e. The van der Waals surface area contributed by atoms with E-state index < -0.39 is 11.9 Å². The minimum Gasteiger partial charge on any atom is -0.493 e. The van der Waals surface area contributed by atoms with Crippen LogP contribution in [0.25, 0.3) is 0 Å². The molecule has 1 heterocycles. The second-order valence-corrected chi connectivity index (χ2v) is 8.12. The zero-order chi connectivity index (χ0) is 21.7. The van der Waals surface area contributed by atoms with Gasteiger partial charge in [-0.1, -0.05) is 18.2 Å². The zero-order valence-electron chi connectivity index (χ0n) is 17.3. The van der Waals surface area contributed by atoms with Crippen molar-refractivity contribution in [1.29, 1.82) is 0 Å². The highest BCUT2D eigenvalue weighted by molar-refractivity contribution is 7.17. The van der Waals surface area contributed by atoms with Crippen molar-refractivity contribution in [2.24, 2.45) is 0 Å². The van der Waals surface area contributed by atoms with Gasteiger partial charge in [0.1, 0.15) is 10.8 Å². The number of rotatable bonds is 8. The van der Waals surface area contributed by atoms with Crippen molar-refractivity contribution in [3.8, 4) is 5.75 Å². The summed E-state index contributed by atoms with van der Waals surface area (Å²) in [6.07, 6.45) is 2.02. The Hall–Kier alpha value is -2.87. The van der Waals surface area contributed by atoms with Crippen LogP contribution in [-0.4, -0.2) is 38.7 Å². The number of methoxy groups -OCH3 is 2. The molecule has 0 fully saturated rings. The summed E-state index contributed by atoms with van der Waals surface area (Å²) in [5.41, 5.74) is 1.92. The Morgan fingerprint density at radius 1 is 1.17 bits per heavy atom. The summed E-state index contributed by atoms with van der Waals surface area (Å²) >= 11 is 1.32. The van der Waals surface area contributed by atoms with Gasteiger partial charge in [-0.25, -0.2) is 4.79 Å². The van der Waals surface area contributed by atoms with Crippen molar-refractivity contribution in [3.63, 3.8) is 0 Å². The van der Waals surface area contributed by atoms with E-state index in [9.17, 15) is 14.4 Å². The molecular weight excluding hydrogens is 406 g/mol. The quantitative estimate of drug-likeness (QED) is 0.504. The lowest BCUT2D eigenvalue weighted by Crippen LogP contribution is -2.18. The van der Waals surface area contributed by atoms with Crippen LogP contribution in [0.1, 0.15) is 51.5 Å². The lowest BCUT2D eigenvalue weighted by molar-refractivity contribution is -0.142. The normalized spacial score (nSPS) is 14.7. The molecule has 8 heteroatoms. The van der Waals surface area contributed by atoms with Gasteiger partial charge in [-0.15, -0.1) is 11.3 Å². The maximum absolute atomic E-state index is 12.4. The first-order chi connectivity index (χ1) is 14.5. The topological polar surface area (TPSA) is 90.9 Å². The van der Waals surface area contributed by atoms with Crippen LogP contribution in [0.15, 0.2) is 24.3 Å². The summed E-state index contributed by atoms with van der Waals surface area (Å²) < 4.78 is 15.5. The van der Waals surface area contributed by atoms with Gasteiger partial charge in [-0.2, -0.15) is 0 Å². The SMILES string of the molecule is COC(=O)c1c(NC(=O)CCCOc2ccccc2C)sc2c1[C@@H](C(=O)OC)CC2. The largest absolute Gasteiger partial charge is 0.493 e. The molecule has 2 aromatic rings. The molecule has 0 aliphatic heterocycles. The van der Waals surface area contributed by atoms with Crippen LogP contribution in [0.4, 0.5) is 5.00 Å². The number of hydrogen-bond donors (Lipinski definition) is 1. The number of aryl methyl sites for hydroxylation is 2. The number of carbonyl (C=O) groups is 3. The molecule has 0 bridgehead atoms. The average molecular weight is 432 g/mol. The molecule has 7 nitrogen and oxygen atoms in total. The maximum atomic E-state index is 12.4. The van der Waals surface area contributed by atoms with E-state index in [-0.39, 0.29) is 23.9 Å². The molecule has 1 amide bonds. The molecule has 160 valence electrons. The number of hydrogen-bond acceptors (Lipinski definition) is 7. The predicted molar refractivity (Wildman–Crippen MR) is 113 cm³/mol. The summed E-state index contributed by atoms with van der Waals surface area (Å²) in [5, 5.41) is 3.24. The molecule has 3 rings (SSSR count). The number of esters is 2. The molecule has 30 heavy (non-hydrogen) atoms. The van der Waals surface area contributed by atoms with E-state index in [2.05, 4.69) is 5.32 Å². The summed E-state index contributed by atoms with van der Waals surface area (Å²) in [4.78, 5) is 37.9. The monoisotopic (exact) mass is 431 g/mol. The molecule has 1 aliphatic rings. The maximum Gasteiger partial charge on any atom is 0.341 e. The molecule has 1 aromatic carbocycles. The Bertz CT molecular complexity index is 951. The third-order valence-corrected chi connectivity index (χ3v) is 6.24. The second kappa shape index (κ2) is 9.75. The van der Waals surface area contributed by atoms with Crippen LogP contribution in [0.5, 0.6) is 5.75 Å². The molecule has 0 spiro atoms. The fourth-order valence-electron chi connectivity index (χ4n) is 3.56. The summed E-state index contributed by atoms with van der Waals surface area (Å²) in [7, 11) is 2.61. The first-order valence-corrected chi connectivity index (χ1v) is 10.6. The standard InChI is InChI=1S/C22H25NO6S/c1-13-7-4-5-8-15(13)29-12-6-9-17(24)23-20-19(22(26)28-3)18-14(21(25)27-2)10-11-16(18)30-20/h4-5,7-8,14H,6,9-12H2,1-3H3,(H,23,24)/t14-/m0/s1. The third kappa shape index (κ3) is 4.64. The van der Waals surface area contributed by atoms with Crippen molar-refractivity contribution in [2.75, 3.05) is 26.1 Å². The van der Waals surface area contributed by atoms with Gasteiger partial charge < -0.3 is 19.5 Å². The van der Waals surface area contributed by atoms with Crippen molar-refractivity contribution in [1.82, 2.24) is 0 Å². The number of nitrogens with one attached hydrogen (secondary N) is 1. The van der Waals surface area contributed by atoms with Gasteiger partial charge in [-0.3, -0.25) is 9.59 Å². The van der Waals surface area contributed by atoms with Gasteiger partial charge in [0.05, 0.1) is 32.3 Å². The van der Waals surface area contributed by atoms with Crippen LogP contribution in [-0.2, 0) is 25.5 Å². The lowest BCUT2D eigenvalue weighted by atomic mass is 9.99. The van der Waals surface area contributed by atoms with Gasteiger partial charge in [0.15, 0.2) is 0 Å². The number of benzene rings is 1. The van der Waals surface area contributed by atoms with Crippen molar-refractivity contribution in [2.45, 2.75) is 38.5 Å². The van der Waals surface area contributed by atoms with Gasteiger partial charge in [0.2, 0.25) is 5.91 Å². The van der Waals surface area contributed by atoms with E-state index in [0.717, 1.165) is 16.2 Å². The first kappa shape index (κ1) is 21.8. The molecule has 0 saturated heterocycles. The Morgan fingerprint density at radius 3 is 2.63 bits per heavy atom. The predicted octanol–water partition coefficient (Wildman–Crippen LogP) is 3.84. The molecule has 1 atom stereocenters. The van der Waals surface area contributed by atoms with Crippen molar-refractivity contribution < 1.29 is 28.6 Å². The number of fused-ring (bicyclic) bond motifs is 1. The Kier molecular flexibility index (Phi) is 7.10. The Labute approximate surface area is 179 Å². The molecule has 0 saturated carbocycles.